The predicted molar refractivity (Wildman–Crippen MR) is 90.7 cm³/mol. The van der Waals surface area contributed by atoms with Crippen molar-refractivity contribution in [3.63, 3.8) is 0 Å². The van der Waals surface area contributed by atoms with Gasteiger partial charge in [-0.1, -0.05) is 30.9 Å². The summed E-state index contributed by atoms with van der Waals surface area (Å²) >= 11 is 6.36. The molecule has 5 nitrogen and oxygen atoms in total. The molecule has 0 aromatic heterocycles. The lowest BCUT2D eigenvalue weighted by molar-refractivity contribution is -0.137. The monoisotopic (exact) mass is 336 g/mol. The van der Waals surface area contributed by atoms with Crippen LogP contribution in [0.1, 0.15) is 50.5 Å². The number of halogens is 1. The lowest BCUT2D eigenvalue weighted by Gasteiger charge is -2.39. The fraction of sp³-hybridized carbons (Fsp3) is 0.529. The Bertz CT molecular complexity index is 625. The zero-order valence-electron chi connectivity index (χ0n) is 13.0. The molecule has 3 rings (SSSR count). The van der Waals surface area contributed by atoms with Crippen LogP contribution in [-0.4, -0.2) is 24.0 Å². The number of ether oxygens (including phenoxy) is 1. The van der Waals surface area contributed by atoms with Crippen molar-refractivity contribution < 1.29 is 14.6 Å². The van der Waals surface area contributed by atoms with Crippen LogP contribution in [0.15, 0.2) is 17.1 Å². The summed E-state index contributed by atoms with van der Waals surface area (Å²) in [6.07, 6.45) is 7.83. The van der Waals surface area contributed by atoms with E-state index in [0.29, 0.717) is 18.1 Å². The van der Waals surface area contributed by atoms with Crippen LogP contribution in [0, 0.1) is 0 Å². The van der Waals surface area contributed by atoms with E-state index >= 15 is 0 Å². The van der Waals surface area contributed by atoms with Crippen LogP contribution in [0.2, 0.25) is 5.02 Å². The topological polar surface area (TPSA) is 70.9 Å². The summed E-state index contributed by atoms with van der Waals surface area (Å²) in [7, 11) is 0. The number of anilines is 1. The van der Waals surface area contributed by atoms with Crippen molar-refractivity contribution in [2.75, 3.05) is 11.9 Å². The van der Waals surface area contributed by atoms with Crippen molar-refractivity contribution in [1.29, 1.82) is 0 Å². The van der Waals surface area contributed by atoms with Gasteiger partial charge in [-0.05, 0) is 31.4 Å². The average Bonchev–Trinajstić information content (AvgIpc) is 2.54. The third kappa shape index (κ3) is 3.29. The van der Waals surface area contributed by atoms with E-state index in [1.807, 2.05) is 12.1 Å². The Kier molecular flexibility index (Phi) is 4.76. The highest BCUT2D eigenvalue weighted by atomic mass is 35.5. The number of carboxylic acid groups (broad SMARTS) is 1. The van der Waals surface area contributed by atoms with Gasteiger partial charge in [0.2, 0.25) is 0 Å². The third-order valence-corrected chi connectivity index (χ3v) is 4.89. The van der Waals surface area contributed by atoms with Gasteiger partial charge in [0.1, 0.15) is 5.75 Å². The molecule has 0 amide bonds. The van der Waals surface area contributed by atoms with Crippen molar-refractivity contribution in [3.8, 4) is 5.75 Å². The Hall–Kier alpha value is -1.75. The molecule has 1 heterocycles. The van der Waals surface area contributed by atoms with Crippen molar-refractivity contribution in [2.45, 2.75) is 50.5 Å². The van der Waals surface area contributed by atoms with Crippen molar-refractivity contribution in [1.82, 2.24) is 0 Å². The highest BCUT2D eigenvalue weighted by Crippen LogP contribution is 2.50. The maximum atomic E-state index is 10.6. The molecule has 2 aliphatic rings. The van der Waals surface area contributed by atoms with E-state index in [0.717, 1.165) is 42.7 Å². The number of nitrogens with one attached hydrogen (secondary N) is 1. The molecule has 0 atom stereocenters. The van der Waals surface area contributed by atoms with E-state index < -0.39 is 5.97 Å². The van der Waals surface area contributed by atoms with Crippen molar-refractivity contribution >= 4 is 29.6 Å². The molecule has 0 radical (unpaired) electrons. The van der Waals surface area contributed by atoms with Crippen LogP contribution >= 0.6 is 11.6 Å². The number of nitrogens with zero attached hydrogens (tertiary/aromatic N) is 1. The highest BCUT2D eigenvalue weighted by Gasteiger charge is 2.40. The zero-order chi connectivity index (χ0) is 16.3. The first-order valence-electron chi connectivity index (χ1n) is 8.10. The van der Waals surface area contributed by atoms with Gasteiger partial charge in [0.05, 0.1) is 29.2 Å². The maximum absolute atomic E-state index is 10.6. The number of aliphatic carboxylic acids is 1. The Balaban J connectivity index is 1.88. The van der Waals surface area contributed by atoms with Crippen LogP contribution in [0.4, 0.5) is 5.69 Å². The summed E-state index contributed by atoms with van der Waals surface area (Å²) in [5, 5.41) is 12.6. The number of benzene rings is 1. The van der Waals surface area contributed by atoms with Crippen LogP contribution in [-0.2, 0) is 10.3 Å². The van der Waals surface area contributed by atoms with Gasteiger partial charge in [-0.25, -0.2) is 0 Å². The second kappa shape index (κ2) is 6.79. The number of carbonyl (C=O) groups is 1. The number of hydrogen-bond acceptors (Lipinski definition) is 4. The second-order valence-electron chi connectivity index (χ2n) is 6.14. The Labute approximate surface area is 140 Å². The zero-order valence-corrected chi connectivity index (χ0v) is 13.7. The molecule has 1 aromatic rings. The first-order valence-corrected chi connectivity index (χ1v) is 8.48. The van der Waals surface area contributed by atoms with Crippen LogP contribution < -0.4 is 10.1 Å². The van der Waals surface area contributed by atoms with E-state index in [1.165, 1.54) is 6.42 Å². The Morgan fingerprint density at radius 3 is 2.87 bits per heavy atom. The van der Waals surface area contributed by atoms with E-state index in [2.05, 4.69) is 5.32 Å². The molecule has 2 N–H and O–H groups in total. The molecule has 124 valence electrons. The van der Waals surface area contributed by atoms with E-state index in [1.54, 1.807) is 6.34 Å². The van der Waals surface area contributed by atoms with Gasteiger partial charge in [-0.15, -0.1) is 0 Å². The highest BCUT2D eigenvalue weighted by molar-refractivity contribution is 6.34. The standard InChI is InChI=1S/C17H21ClN2O3/c18-12-6-7-13(23-10-4-5-14(21)22)15-16(12)19-11-20-17(15)8-2-1-3-9-17/h6-7,11H,1-5,8-10H2,(H,19,20)(H,21,22). The lowest BCUT2D eigenvalue weighted by atomic mass is 9.75. The maximum Gasteiger partial charge on any atom is 0.303 e. The molecule has 1 fully saturated rings. The number of rotatable bonds is 5. The molecular weight excluding hydrogens is 316 g/mol. The van der Waals surface area contributed by atoms with Crippen molar-refractivity contribution in [2.24, 2.45) is 4.99 Å². The number of carboxylic acids is 1. The molecule has 1 spiro atoms. The summed E-state index contributed by atoms with van der Waals surface area (Å²) in [5.41, 5.74) is 1.65. The Morgan fingerprint density at radius 2 is 2.13 bits per heavy atom. The fourth-order valence-electron chi connectivity index (χ4n) is 3.49. The predicted octanol–water partition coefficient (Wildman–Crippen LogP) is 4.20. The lowest BCUT2D eigenvalue weighted by Crippen LogP contribution is -2.32. The molecule has 0 unspecified atom stereocenters. The van der Waals surface area contributed by atoms with E-state index in [9.17, 15) is 4.79 Å². The largest absolute Gasteiger partial charge is 0.493 e. The number of hydrogen-bond donors (Lipinski definition) is 2. The van der Waals surface area contributed by atoms with Crippen LogP contribution in [0.5, 0.6) is 5.75 Å². The molecule has 0 bridgehead atoms. The number of aliphatic imine (C=N–C) groups is 1. The summed E-state index contributed by atoms with van der Waals surface area (Å²) in [6, 6.07) is 3.69. The molecule has 6 heteroatoms. The molecule has 0 saturated heterocycles. The third-order valence-electron chi connectivity index (χ3n) is 4.58. The minimum Gasteiger partial charge on any atom is -0.493 e. The minimum atomic E-state index is -0.804. The summed E-state index contributed by atoms with van der Waals surface area (Å²) in [6.45, 7) is 0.375. The van der Waals surface area contributed by atoms with Crippen LogP contribution in [0.25, 0.3) is 0 Å². The van der Waals surface area contributed by atoms with E-state index in [-0.39, 0.29) is 12.0 Å². The Morgan fingerprint density at radius 1 is 1.35 bits per heavy atom. The van der Waals surface area contributed by atoms with Crippen LogP contribution in [0.3, 0.4) is 0 Å². The quantitative estimate of drug-likeness (QED) is 0.791. The normalized spacial score (nSPS) is 18.3. The molecule has 1 aliphatic heterocycles. The molecular formula is C17H21ClN2O3. The average molecular weight is 337 g/mol. The molecule has 1 aliphatic carbocycles. The first kappa shape index (κ1) is 16.1. The van der Waals surface area contributed by atoms with Gasteiger partial charge in [-0.2, -0.15) is 0 Å². The SMILES string of the molecule is O=C(O)CCCOc1ccc(Cl)c2c1C1(CCCCC1)N=CN2. The smallest absolute Gasteiger partial charge is 0.303 e. The molecule has 1 saturated carbocycles. The van der Waals surface area contributed by atoms with Gasteiger partial charge in [0, 0.05) is 12.0 Å². The molecule has 1 aromatic carbocycles. The minimum absolute atomic E-state index is 0.108. The second-order valence-corrected chi connectivity index (χ2v) is 6.54. The van der Waals surface area contributed by atoms with E-state index in [4.69, 9.17) is 26.4 Å². The van der Waals surface area contributed by atoms with Gasteiger partial charge < -0.3 is 15.2 Å². The number of fused-ring (bicyclic) bond motifs is 2. The fourth-order valence-corrected chi connectivity index (χ4v) is 3.70. The summed E-state index contributed by atoms with van der Waals surface area (Å²) in [4.78, 5) is 15.4. The van der Waals surface area contributed by atoms with Gasteiger partial charge in [-0.3, -0.25) is 9.79 Å². The van der Waals surface area contributed by atoms with Gasteiger partial charge in [0.15, 0.2) is 0 Å². The van der Waals surface area contributed by atoms with Crippen molar-refractivity contribution in [3.05, 3.63) is 22.7 Å². The van der Waals surface area contributed by atoms with Gasteiger partial charge in [0.25, 0.3) is 0 Å². The summed E-state index contributed by atoms with van der Waals surface area (Å²) < 4.78 is 5.90. The summed E-state index contributed by atoms with van der Waals surface area (Å²) in [5.74, 6) is -0.0391. The first-order chi connectivity index (χ1) is 11.1. The molecule has 23 heavy (non-hydrogen) atoms. The van der Waals surface area contributed by atoms with Gasteiger partial charge >= 0.3 is 5.97 Å².